The van der Waals surface area contributed by atoms with E-state index in [2.05, 4.69) is 16.0 Å². The lowest BCUT2D eigenvalue weighted by molar-refractivity contribution is -0.121. The zero-order valence-electron chi connectivity index (χ0n) is 47.2. The molecular formula is C71H127N9O12. The number of nitrogens with two attached hydrogens (primary N) is 6. The molecule has 4 aromatic carbocycles. The number of rotatable bonds is 39. The van der Waals surface area contributed by atoms with Gasteiger partial charge in [-0.2, -0.15) is 0 Å². The van der Waals surface area contributed by atoms with Crippen molar-refractivity contribution in [1.82, 2.24) is 16.0 Å². The van der Waals surface area contributed by atoms with Crippen molar-refractivity contribution in [3.05, 3.63) is 117 Å². The van der Waals surface area contributed by atoms with Gasteiger partial charge in [0.1, 0.15) is 23.0 Å². The highest BCUT2D eigenvalue weighted by Crippen LogP contribution is 2.26. The Hall–Kier alpha value is -7.56. The summed E-state index contributed by atoms with van der Waals surface area (Å²) in [6.45, 7) is 1.60. The first-order chi connectivity index (χ1) is 38.9. The number of ether oxygens (including phenoxy) is 4. The summed E-state index contributed by atoms with van der Waals surface area (Å²) in [5, 5.41) is 8.61. The minimum Gasteiger partial charge on any atom is -0.496 e. The van der Waals surface area contributed by atoms with Crippen LogP contribution in [0.3, 0.4) is 0 Å². The van der Waals surface area contributed by atoms with Crippen LogP contribution in [0.25, 0.3) is 0 Å². The summed E-state index contributed by atoms with van der Waals surface area (Å²) >= 11 is 0. The molecule has 0 saturated heterocycles. The predicted octanol–water partition coefficient (Wildman–Crippen LogP) is 10.5. The van der Waals surface area contributed by atoms with Gasteiger partial charge in [-0.1, -0.05) is 112 Å². The first-order valence-electron chi connectivity index (χ1n) is 27.5. The van der Waals surface area contributed by atoms with Crippen LogP contribution in [0.1, 0.15) is 222 Å². The Kier molecular flexibility index (Phi) is 58.0. The molecule has 0 bridgehead atoms. The van der Waals surface area contributed by atoms with E-state index in [0.29, 0.717) is 99.8 Å². The molecule has 21 heteroatoms. The van der Waals surface area contributed by atoms with Crippen molar-refractivity contribution < 1.29 is 57.3 Å². The number of hydrogen-bond donors (Lipinski definition) is 9. The highest BCUT2D eigenvalue weighted by atomic mass is 16.5. The molecule has 0 aromatic heterocycles. The third-order valence-corrected chi connectivity index (χ3v) is 13.9. The van der Waals surface area contributed by atoms with Gasteiger partial charge in [-0.15, -0.1) is 0 Å². The number of unbranched alkanes of at least 4 members (excludes halogenated alkanes) is 4. The molecule has 0 heterocycles. The lowest BCUT2D eigenvalue weighted by Crippen LogP contribution is -2.42. The molecule has 0 unspecified atom stereocenters. The second-order valence-electron chi connectivity index (χ2n) is 19.9. The summed E-state index contributed by atoms with van der Waals surface area (Å²) in [5.74, 6) is -2.98. The number of hydrogen-bond acceptors (Lipinski definition) is 17. The Morgan fingerprint density at radius 3 is 0.815 bits per heavy atom. The van der Waals surface area contributed by atoms with E-state index in [4.69, 9.17) is 53.3 Å². The maximum absolute atomic E-state index is 14.3. The van der Waals surface area contributed by atoms with E-state index in [0.717, 1.165) is 6.42 Å². The van der Waals surface area contributed by atoms with Gasteiger partial charge < -0.3 is 69.3 Å². The number of methoxy groups -OCH3 is 4. The molecule has 0 radical (unpaired) electrons. The molecule has 0 aliphatic carbocycles. The molecule has 0 spiro atoms. The SMILES string of the molecule is C.C.C.C.C.C.C.C.C.C.C.COc1ccc(CC(=O)[C@H](CCCCN)NC(=O)c2cc(CC(=O)[C@H](CCCCN)NC(=O)c3cc(CC(=O)[C@H](CCCCN)NC(=O)c4cc(CC(=O)[C@@H](N)CCCCN)ccc4OC)ccc3OC)ccc2OC)cc1C(N)=O. The first kappa shape index (κ1) is 101. The molecule has 0 fully saturated rings. The van der Waals surface area contributed by atoms with Crippen molar-refractivity contribution in [1.29, 1.82) is 0 Å². The van der Waals surface area contributed by atoms with Gasteiger partial charge in [0.2, 0.25) is 0 Å². The van der Waals surface area contributed by atoms with Gasteiger partial charge in [0, 0.05) is 25.7 Å². The van der Waals surface area contributed by atoms with Crippen molar-refractivity contribution in [2.45, 2.75) is 209 Å². The quantitative estimate of drug-likeness (QED) is 0.0187. The highest BCUT2D eigenvalue weighted by molar-refractivity contribution is 6.03. The lowest BCUT2D eigenvalue weighted by atomic mass is 9.95. The van der Waals surface area contributed by atoms with E-state index in [9.17, 15) is 38.4 Å². The maximum atomic E-state index is 14.3. The summed E-state index contributed by atoms with van der Waals surface area (Å²) in [5.41, 5.74) is 37.0. The summed E-state index contributed by atoms with van der Waals surface area (Å²) in [7, 11) is 5.59. The monoisotopic (exact) mass is 1300 g/mol. The average molecular weight is 1300 g/mol. The fourth-order valence-corrected chi connectivity index (χ4v) is 9.29. The second kappa shape index (κ2) is 53.0. The Labute approximate surface area is 555 Å². The zero-order valence-corrected chi connectivity index (χ0v) is 47.2. The predicted molar refractivity (Wildman–Crippen MR) is 383 cm³/mol. The molecule has 0 saturated carbocycles. The van der Waals surface area contributed by atoms with Gasteiger partial charge in [0.25, 0.3) is 23.6 Å². The second-order valence-corrected chi connectivity index (χ2v) is 19.9. The van der Waals surface area contributed by atoms with Gasteiger partial charge in [-0.25, -0.2) is 0 Å². The number of Topliss-reactive ketones (excluding diaryl/α,β-unsaturated/α-hetero) is 4. The van der Waals surface area contributed by atoms with Crippen LogP contribution < -0.4 is 69.3 Å². The molecule has 4 rings (SSSR count). The van der Waals surface area contributed by atoms with Gasteiger partial charge in [0.05, 0.1) is 74.9 Å². The minimum absolute atomic E-state index is 0. The number of carbonyl (C=O) groups is 8. The van der Waals surface area contributed by atoms with Gasteiger partial charge in [0.15, 0.2) is 23.1 Å². The van der Waals surface area contributed by atoms with Crippen LogP contribution in [-0.4, -0.2) is 126 Å². The van der Waals surface area contributed by atoms with Crippen LogP contribution in [0.2, 0.25) is 0 Å². The van der Waals surface area contributed by atoms with E-state index < -0.39 is 47.8 Å². The summed E-state index contributed by atoms with van der Waals surface area (Å²) < 4.78 is 21.9. The van der Waals surface area contributed by atoms with Crippen LogP contribution in [0, 0.1) is 0 Å². The fourth-order valence-electron chi connectivity index (χ4n) is 9.29. The fraction of sp³-hybridized carbons (Fsp3) is 0.549. The maximum Gasteiger partial charge on any atom is 0.255 e. The van der Waals surface area contributed by atoms with Crippen LogP contribution in [-0.2, 0) is 44.9 Å². The summed E-state index contributed by atoms with van der Waals surface area (Å²) in [6.07, 6.45) is 5.47. The molecular weight excluding hydrogens is 1170 g/mol. The van der Waals surface area contributed by atoms with Gasteiger partial charge in [-0.3, -0.25) is 38.4 Å². The molecule has 4 amide bonds. The van der Waals surface area contributed by atoms with Crippen LogP contribution in [0.4, 0.5) is 0 Å². The number of nitrogens with one attached hydrogen (secondary N) is 3. The molecule has 4 atom stereocenters. The van der Waals surface area contributed by atoms with Crippen LogP contribution >= 0.6 is 0 Å². The Balaban J connectivity index is -0.00000107. The molecule has 21 nitrogen and oxygen atoms in total. The van der Waals surface area contributed by atoms with Crippen molar-refractivity contribution >= 4 is 46.8 Å². The standard InChI is InChI=1S/C60H83N9O12.11CH4/c1-78-53-21-17-37(29-41(53)57(66)74)34-50(71)46(14-6-10-26-62)67-59(76)43-31-39(19-23-55(43)80-3)36-52(73)48(16-8-12-28-64)69-60(77)44-32-40(20-24-56(44)81-4)35-51(72)47(15-7-11-27-63)68-58(75)42-30-38(18-22-54(42)79-2)33-49(70)45(65)13-5-9-25-61;;;;;;;;;;;/h17-24,29-32,45-48H,5-16,25-28,33-36,61-65H2,1-4H3,(H2,66,74)(H,67,76)(H,68,75)(H,69,77);11*1H4/t45-,46-,47-,48-;;;;;;;;;;;/m0.........../s1. The van der Waals surface area contributed by atoms with Crippen molar-refractivity contribution in [2.75, 3.05) is 54.6 Å². The molecule has 528 valence electrons. The lowest BCUT2D eigenvalue weighted by Gasteiger charge is -2.21. The zero-order chi connectivity index (χ0) is 59.4. The molecule has 0 aliphatic heterocycles. The average Bonchev–Trinajstić information content (AvgIpc) is 0.899. The van der Waals surface area contributed by atoms with Crippen LogP contribution in [0.5, 0.6) is 23.0 Å². The Morgan fingerprint density at radius 2 is 0.576 bits per heavy atom. The van der Waals surface area contributed by atoms with E-state index >= 15 is 0 Å². The smallest absolute Gasteiger partial charge is 0.255 e. The van der Waals surface area contributed by atoms with E-state index in [1.807, 2.05) is 0 Å². The van der Waals surface area contributed by atoms with Crippen LogP contribution in [0.15, 0.2) is 72.8 Å². The third kappa shape index (κ3) is 31.2. The summed E-state index contributed by atoms with van der Waals surface area (Å²) in [6, 6.07) is 15.2. The highest BCUT2D eigenvalue weighted by Gasteiger charge is 2.29. The topological polar surface area (TPSA) is 366 Å². The molecule has 92 heavy (non-hydrogen) atoms. The first-order valence-corrected chi connectivity index (χ1v) is 27.5. The largest absolute Gasteiger partial charge is 0.496 e. The number of benzene rings is 4. The normalized spacial score (nSPS) is 11.0. The molecule has 0 aliphatic rings. The summed E-state index contributed by atoms with van der Waals surface area (Å²) in [4.78, 5) is 110. The van der Waals surface area contributed by atoms with E-state index in [-0.39, 0.29) is 195 Å². The minimum atomic E-state index is -1.02. The van der Waals surface area contributed by atoms with Crippen molar-refractivity contribution in [2.24, 2.45) is 34.4 Å². The van der Waals surface area contributed by atoms with E-state index in [1.165, 1.54) is 46.6 Å². The van der Waals surface area contributed by atoms with E-state index in [1.54, 1.807) is 54.6 Å². The van der Waals surface area contributed by atoms with Crippen molar-refractivity contribution in [3.63, 3.8) is 0 Å². The number of amides is 4. The van der Waals surface area contributed by atoms with Gasteiger partial charge in [-0.05, 0) is 168 Å². The van der Waals surface area contributed by atoms with Crippen molar-refractivity contribution in [3.8, 4) is 23.0 Å². The molecule has 15 N–H and O–H groups in total. The number of primary amides is 1. The number of carbonyl (C=O) groups excluding carboxylic acids is 8. The third-order valence-electron chi connectivity index (χ3n) is 13.9. The Bertz CT molecular complexity index is 2790. The van der Waals surface area contributed by atoms with Gasteiger partial charge >= 0.3 is 0 Å². The Morgan fingerprint density at radius 1 is 0.348 bits per heavy atom. The molecule has 4 aromatic rings. The number of ketones is 4.